The molecule has 5 heteroatoms. The van der Waals surface area contributed by atoms with Crippen LogP contribution in [0.15, 0.2) is 54.7 Å². The number of nitrogens with one attached hydrogen (secondary N) is 1. The monoisotopic (exact) mass is 361 g/mol. The second-order valence-electron chi connectivity index (χ2n) is 7.63. The van der Waals surface area contributed by atoms with Gasteiger partial charge in [-0.25, -0.2) is 4.98 Å². The van der Waals surface area contributed by atoms with E-state index < -0.39 is 0 Å². The van der Waals surface area contributed by atoms with Crippen molar-refractivity contribution in [3.63, 3.8) is 0 Å². The van der Waals surface area contributed by atoms with Gasteiger partial charge in [-0.1, -0.05) is 63.2 Å². The van der Waals surface area contributed by atoms with E-state index in [9.17, 15) is 0 Å². The summed E-state index contributed by atoms with van der Waals surface area (Å²) in [5, 5.41) is 3.48. The standard InChI is InChI=1S/C22H23N3O2/c1-22(2,3)15-11-9-14(10-12-15)20-24-17-8-6-5-7-16(17)19-21(27-20)25-18(26-4)13-23-19/h5-13,20,24H,1-4H3. The van der Waals surface area contributed by atoms with Crippen LogP contribution >= 0.6 is 0 Å². The molecule has 1 aliphatic heterocycles. The molecule has 1 unspecified atom stereocenters. The number of rotatable bonds is 2. The number of para-hydroxylation sites is 1. The molecule has 138 valence electrons. The summed E-state index contributed by atoms with van der Waals surface area (Å²) in [6, 6.07) is 16.5. The molecular formula is C22H23N3O2. The molecule has 3 aromatic rings. The smallest absolute Gasteiger partial charge is 0.246 e. The molecule has 1 atom stereocenters. The first kappa shape index (κ1) is 17.3. The summed E-state index contributed by atoms with van der Waals surface area (Å²) in [5.74, 6) is 0.881. The van der Waals surface area contributed by atoms with E-state index in [0.717, 1.165) is 16.8 Å². The highest BCUT2D eigenvalue weighted by Crippen LogP contribution is 2.40. The highest BCUT2D eigenvalue weighted by Gasteiger charge is 2.25. The second kappa shape index (κ2) is 6.58. The summed E-state index contributed by atoms with van der Waals surface area (Å²) in [4.78, 5) is 8.99. The topological polar surface area (TPSA) is 56.3 Å². The molecule has 1 aromatic heterocycles. The highest BCUT2D eigenvalue weighted by molar-refractivity contribution is 5.79. The number of methoxy groups -OCH3 is 1. The van der Waals surface area contributed by atoms with Crippen LogP contribution in [0.2, 0.25) is 0 Å². The third-order valence-corrected chi connectivity index (χ3v) is 4.71. The molecule has 1 N–H and O–H groups in total. The van der Waals surface area contributed by atoms with Crippen LogP contribution in [-0.2, 0) is 5.41 Å². The molecule has 0 radical (unpaired) electrons. The number of benzene rings is 2. The van der Waals surface area contributed by atoms with Gasteiger partial charge in [-0.05, 0) is 17.0 Å². The fraction of sp³-hybridized carbons (Fsp3) is 0.273. The molecule has 2 aromatic carbocycles. The van der Waals surface area contributed by atoms with Crippen molar-refractivity contribution in [1.82, 2.24) is 9.97 Å². The number of hydrogen-bond acceptors (Lipinski definition) is 5. The second-order valence-corrected chi connectivity index (χ2v) is 7.63. The number of ether oxygens (including phenoxy) is 2. The van der Waals surface area contributed by atoms with Crippen LogP contribution in [0.25, 0.3) is 11.3 Å². The van der Waals surface area contributed by atoms with Crippen molar-refractivity contribution in [3.8, 4) is 23.0 Å². The zero-order chi connectivity index (χ0) is 19.0. The van der Waals surface area contributed by atoms with Crippen LogP contribution in [0.5, 0.6) is 11.8 Å². The van der Waals surface area contributed by atoms with Gasteiger partial charge in [-0.2, -0.15) is 4.98 Å². The number of aromatic nitrogens is 2. The van der Waals surface area contributed by atoms with Crippen LogP contribution in [0.4, 0.5) is 5.69 Å². The van der Waals surface area contributed by atoms with Gasteiger partial charge in [0, 0.05) is 16.8 Å². The van der Waals surface area contributed by atoms with E-state index >= 15 is 0 Å². The van der Waals surface area contributed by atoms with Crippen molar-refractivity contribution in [3.05, 3.63) is 65.9 Å². The third kappa shape index (κ3) is 3.33. The lowest BCUT2D eigenvalue weighted by Gasteiger charge is -2.22. The number of fused-ring (bicyclic) bond motifs is 3. The zero-order valence-electron chi connectivity index (χ0n) is 16.0. The maximum atomic E-state index is 6.23. The molecule has 0 bridgehead atoms. The Morgan fingerprint density at radius 2 is 1.78 bits per heavy atom. The molecule has 0 saturated heterocycles. The SMILES string of the molecule is COc1cnc2c(n1)OC(c1ccc(C(C)(C)C)cc1)Nc1ccccc1-2. The summed E-state index contributed by atoms with van der Waals surface area (Å²) >= 11 is 0. The fourth-order valence-electron chi connectivity index (χ4n) is 3.13. The Kier molecular flexibility index (Phi) is 4.22. The highest BCUT2D eigenvalue weighted by atomic mass is 16.5. The van der Waals surface area contributed by atoms with Crippen LogP contribution in [0.1, 0.15) is 38.1 Å². The predicted molar refractivity (Wildman–Crippen MR) is 106 cm³/mol. The largest absolute Gasteiger partial charge is 0.480 e. The maximum Gasteiger partial charge on any atom is 0.246 e. The minimum Gasteiger partial charge on any atom is -0.480 e. The Hall–Kier alpha value is -3.08. The van der Waals surface area contributed by atoms with E-state index in [2.05, 4.69) is 60.3 Å². The van der Waals surface area contributed by atoms with E-state index in [0.29, 0.717) is 17.5 Å². The van der Waals surface area contributed by atoms with Crippen LogP contribution in [0.3, 0.4) is 0 Å². The van der Waals surface area contributed by atoms with Gasteiger partial charge in [0.05, 0.1) is 13.3 Å². The van der Waals surface area contributed by atoms with Crippen molar-refractivity contribution < 1.29 is 9.47 Å². The van der Waals surface area contributed by atoms with E-state index in [1.54, 1.807) is 13.3 Å². The number of hydrogen-bond donors (Lipinski definition) is 1. The fourth-order valence-corrected chi connectivity index (χ4v) is 3.13. The molecule has 0 saturated carbocycles. The Labute approximate surface area is 159 Å². The van der Waals surface area contributed by atoms with E-state index in [1.165, 1.54) is 5.56 Å². The molecule has 0 fully saturated rings. The van der Waals surface area contributed by atoms with Gasteiger partial charge in [-0.3, -0.25) is 0 Å². The summed E-state index contributed by atoms with van der Waals surface area (Å²) < 4.78 is 11.5. The normalized spacial score (nSPS) is 15.6. The van der Waals surface area contributed by atoms with Crippen LogP contribution in [-0.4, -0.2) is 17.1 Å². The van der Waals surface area contributed by atoms with Crippen LogP contribution < -0.4 is 14.8 Å². The van der Waals surface area contributed by atoms with Crippen LogP contribution in [0, 0.1) is 0 Å². The molecule has 0 spiro atoms. The average molecular weight is 361 g/mol. The quantitative estimate of drug-likeness (QED) is 0.700. The third-order valence-electron chi connectivity index (χ3n) is 4.71. The minimum absolute atomic E-state index is 0.105. The summed E-state index contributed by atoms with van der Waals surface area (Å²) in [6.45, 7) is 6.62. The van der Waals surface area contributed by atoms with Crippen molar-refractivity contribution in [2.75, 3.05) is 12.4 Å². The van der Waals surface area contributed by atoms with Crippen molar-refractivity contribution in [2.24, 2.45) is 0 Å². The summed E-state index contributed by atoms with van der Waals surface area (Å²) in [5.41, 5.74) is 5.02. The Morgan fingerprint density at radius 1 is 1.04 bits per heavy atom. The first-order chi connectivity index (χ1) is 13.0. The zero-order valence-corrected chi connectivity index (χ0v) is 16.0. The lowest BCUT2D eigenvalue weighted by atomic mass is 9.86. The molecule has 0 amide bonds. The van der Waals surface area contributed by atoms with Gasteiger partial charge in [-0.15, -0.1) is 0 Å². The number of nitrogens with zero attached hydrogens (tertiary/aromatic N) is 2. The van der Waals surface area contributed by atoms with Crippen molar-refractivity contribution in [2.45, 2.75) is 32.4 Å². The molecule has 0 aliphatic carbocycles. The Bertz CT molecular complexity index is 962. The summed E-state index contributed by atoms with van der Waals surface area (Å²) in [7, 11) is 1.57. The van der Waals surface area contributed by atoms with E-state index in [1.807, 2.05) is 24.3 Å². The first-order valence-electron chi connectivity index (χ1n) is 9.00. The van der Waals surface area contributed by atoms with Gasteiger partial charge >= 0.3 is 0 Å². The van der Waals surface area contributed by atoms with Gasteiger partial charge in [0.1, 0.15) is 5.69 Å². The predicted octanol–water partition coefficient (Wildman–Crippen LogP) is 4.95. The molecule has 5 nitrogen and oxygen atoms in total. The van der Waals surface area contributed by atoms with Gasteiger partial charge in [0.15, 0.2) is 6.23 Å². The molecule has 4 rings (SSSR count). The Balaban J connectivity index is 1.78. The van der Waals surface area contributed by atoms with Gasteiger partial charge < -0.3 is 14.8 Å². The maximum absolute atomic E-state index is 6.23. The summed E-state index contributed by atoms with van der Waals surface area (Å²) in [6.07, 6.45) is 1.24. The van der Waals surface area contributed by atoms with Gasteiger partial charge in [0.2, 0.25) is 11.8 Å². The molecule has 1 aliphatic rings. The lowest BCUT2D eigenvalue weighted by Crippen LogP contribution is -2.18. The molecule has 27 heavy (non-hydrogen) atoms. The van der Waals surface area contributed by atoms with E-state index in [4.69, 9.17) is 9.47 Å². The average Bonchev–Trinajstić information content (AvgIpc) is 2.83. The number of anilines is 1. The first-order valence-corrected chi connectivity index (χ1v) is 9.00. The minimum atomic E-state index is -0.372. The van der Waals surface area contributed by atoms with Gasteiger partial charge in [0.25, 0.3) is 0 Å². The molecule has 2 heterocycles. The van der Waals surface area contributed by atoms with E-state index in [-0.39, 0.29) is 11.6 Å². The van der Waals surface area contributed by atoms with Crippen molar-refractivity contribution >= 4 is 5.69 Å². The Morgan fingerprint density at radius 3 is 2.48 bits per heavy atom. The lowest BCUT2D eigenvalue weighted by molar-refractivity contribution is 0.224. The van der Waals surface area contributed by atoms with Crippen molar-refractivity contribution in [1.29, 1.82) is 0 Å². The molecular weight excluding hydrogens is 338 g/mol.